The Balaban J connectivity index is 1.26. The molecule has 0 aliphatic heterocycles. The lowest BCUT2D eigenvalue weighted by atomic mass is 9.83. The minimum absolute atomic E-state index is 0.773. The molecule has 0 unspecified atom stereocenters. The van der Waals surface area contributed by atoms with Gasteiger partial charge in [0.15, 0.2) is 5.58 Å². The normalized spacial score (nSPS) is 12.0. The zero-order chi connectivity index (χ0) is 42.6. The van der Waals surface area contributed by atoms with Gasteiger partial charge in [-0.3, -0.25) is 0 Å². The average Bonchev–Trinajstić information content (AvgIpc) is 3.76. The van der Waals surface area contributed by atoms with Crippen LogP contribution in [-0.4, -0.2) is 4.98 Å². The van der Waals surface area contributed by atoms with Crippen molar-refractivity contribution < 1.29 is 4.42 Å². The molecule has 12 aromatic carbocycles. The molecule has 2 heterocycles. The molecule has 65 heavy (non-hydrogen) atoms. The molecular weight excluding hydrogens is 787 g/mol. The van der Waals surface area contributed by atoms with Crippen molar-refractivity contribution in [3.05, 3.63) is 224 Å². The minimum atomic E-state index is 0.773. The Morgan fingerprint density at radius 3 is 1.26 bits per heavy atom. The summed E-state index contributed by atoms with van der Waals surface area (Å²) in [5.41, 5.74) is 10.9. The Hall–Kier alpha value is -8.59. The second kappa shape index (κ2) is 14.0. The van der Waals surface area contributed by atoms with E-state index in [0.29, 0.717) is 0 Å². The van der Waals surface area contributed by atoms with Crippen LogP contribution in [0.25, 0.3) is 142 Å². The predicted octanol–water partition coefficient (Wildman–Crippen LogP) is 17.7. The largest absolute Gasteiger partial charge is 0.453 e. The van der Waals surface area contributed by atoms with Crippen LogP contribution in [0.15, 0.2) is 229 Å². The number of benzene rings is 12. The van der Waals surface area contributed by atoms with E-state index in [4.69, 9.17) is 9.40 Å². The highest BCUT2D eigenvalue weighted by atomic mass is 16.3. The molecule has 0 saturated carbocycles. The van der Waals surface area contributed by atoms with Crippen LogP contribution >= 0.6 is 0 Å². The van der Waals surface area contributed by atoms with Crippen LogP contribution in [-0.2, 0) is 0 Å². The minimum Gasteiger partial charge on any atom is -0.453 e. The summed E-state index contributed by atoms with van der Waals surface area (Å²) in [6, 6.07) is 81.6. The van der Waals surface area contributed by atoms with Crippen LogP contribution in [0.5, 0.6) is 0 Å². The number of para-hydroxylation sites is 1. The summed E-state index contributed by atoms with van der Waals surface area (Å²) in [6.45, 7) is 0. The molecule has 0 spiro atoms. The third-order valence-electron chi connectivity index (χ3n) is 13.8. The number of aromatic nitrogens is 1. The number of fused-ring (bicyclic) bond motifs is 16. The van der Waals surface area contributed by atoms with Gasteiger partial charge in [0, 0.05) is 27.6 Å². The predicted molar refractivity (Wildman–Crippen MR) is 276 cm³/mol. The lowest BCUT2D eigenvalue weighted by Gasteiger charge is -2.21. The first-order valence-corrected chi connectivity index (χ1v) is 22.4. The van der Waals surface area contributed by atoms with Crippen LogP contribution in [0.2, 0.25) is 0 Å². The summed E-state index contributed by atoms with van der Waals surface area (Å²) in [6.07, 6.45) is 0. The van der Waals surface area contributed by atoms with Crippen LogP contribution < -0.4 is 0 Å². The Kier molecular flexibility index (Phi) is 7.72. The van der Waals surface area contributed by atoms with Gasteiger partial charge in [0.25, 0.3) is 0 Å². The molecule has 0 radical (unpaired) electrons. The molecular formula is C63H37NO. The first-order valence-electron chi connectivity index (χ1n) is 22.4. The molecule has 0 saturated heterocycles. The molecule has 0 bridgehead atoms. The SMILES string of the molecule is c1ccc(-c2cccc3c2oc2c(-c4cccc5c6ccccc6c6ccccc6c45)c(-c4cccc5ccccc45)c(-c4cccc5c6ccccc6c6ccccc6c45)nc23)cc1. The van der Waals surface area contributed by atoms with Gasteiger partial charge in [-0.15, -0.1) is 0 Å². The highest BCUT2D eigenvalue weighted by Crippen LogP contribution is 2.53. The molecule has 300 valence electrons. The lowest BCUT2D eigenvalue weighted by molar-refractivity contribution is 0.670. The summed E-state index contributed by atoms with van der Waals surface area (Å²) < 4.78 is 7.49. The second-order valence-corrected chi connectivity index (χ2v) is 17.2. The quantitative estimate of drug-likeness (QED) is 0.165. The number of furan rings is 1. The third-order valence-corrected chi connectivity index (χ3v) is 13.8. The molecule has 0 fully saturated rings. The number of pyridine rings is 1. The monoisotopic (exact) mass is 823 g/mol. The van der Waals surface area contributed by atoms with E-state index in [1.54, 1.807) is 0 Å². The van der Waals surface area contributed by atoms with E-state index in [9.17, 15) is 0 Å². The summed E-state index contributed by atoms with van der Waals surface area (Å²) in [4.78, 5) is 5.97. The van der Waals surface area contributed by atoms with Crippen molar-refractivity contribution in [3.63, 3.8) is 0 Å². The molecule has 0 N–H and O–H groups in total. The van der Waals surface area contributed by atoms with Crippen molar-refractivity contribution in [3.8, 4) is 44.6 Å². The lowest BCUT2D eigenvalue weighted by Crippen LogP contribution is -1.98. The van der Waals surface area contributed by atoms with E-state index in [0.717, 1.165) is 72.1 Å². The van der Waals surface area contributed by atoms with Crippen molar-refractivity contribution in [2.24, 2.45) is 0 Å². The summed E-state index contributed by atoms with van der Waals surface area (Å²) in [7, 11) is 0. The van der Waals surface area contributed by atoms with Crippen molar-refractivity contribution in [1.82, 2.24) is 4.98 Å². The summed E-state index contributed by atoms with van der Waals surface area (Å²) in [5, 5.41) is 17.9. The molecule has 0 amide bonds. The van der Waals surface area contributed by atoms with Gasteiger partial charge in [-0.1, -0.05) is 218 Å². The van der Waals surface area contributed by atoms with E-state index in [1.807, 2.05) is 0 Å². The second-order valence-electron chi connectivity index (χ2n) is 17.2. The van der Waals surface area contributed by atoms with Gasteiger partial charge in [-0.05, 0) is 98.2 Å². The van der Waals surface area contributed by atoms with E-state index in [1.165, 1.54) is 70.0 Å². The van der Waals surface area contributed by atoms with Crippen LogP contribution in [0.3, 0.4) is 0 Å². The molecule has 2 aromatic heterocycles. The van der Waals surface area contributed by atoms with Crippen molar-refractivity contribution in [1.29, 1.82) is 0 Å². The van der Waals surface area contributed by atoms with E-state index < -0.39 is 0 Å². The molecule has 0 aliphatic carbocycles. The number of hydrogen-bond acceptors (Lipinski definition) is 2. The highest BCUT2D eigenvalue weighted by molar-refractivity contribution is 6.32. The number of hydrogen-bond donors (Lipinski definition) is 0. The number of nitrogens with zero attached hydrogens (tertiary/aromatic N) is 1. The van der Waals surface area contributed by atoms with Gasteiger partial charge in [-0.2, -0.15) is 0 Å². The van der Waals surface area contributed by atoms with Crippen molar-refractivity contribution in [2.45, 2.75) is 0 Å². The Labute approximate surface area is 374 Å². The van der Waals surface area contributed by atoms with E-state index in [2.05, 4.69) is 224 Å². The molecule has 14 aromatic rings. The first-order chi connectivity index (χ1) is 32.3. The maximum atomic E-state index is 7.49. The standard InChI is InChI=1S/C63H37NO/c1-2-18-39(19-3-1)41-31-15-37-55-61-63(65-62(41)55)59(53-35-16-33-51-46-25-8-6-23-42(46)44-27-10-12-29-49(44)56(51)53)58(48-32-14-21-38-20-4-5-22-40(38)48)60(64-61)54-36-17-34-52-47-26-9-7-24-43(47)45-28-11-13-30-50(45)57(52)54/h1-37H. The van der Waals surface area contributed by atoms with Gasteiger partial charge in [0.1, 0.15) is 11.1 Å². The van der Waals surface area contributed by atoms with Crippen molar-refractivity contribution in [2.75, 3.05) is 0 Å². The first kappa shape index (κ1) is 35.9. The zero-order valence-electron chi connectivity index (χ0n) is 35.2. The number of rotatable bonds is 4. The van der Waals surface area contributed by atoms with Gasteiger partial charge < -0.3 is 4.42 Å². The molecule has 0 atom stereocenters. The van der Waals surface area contributed by atoms with Crippen LogP contribution in [0.4, 0.5) is 0 Å². The molecule has 0 aliphatic rings. The fraction of sp³-hybridized carbons (Fsp3) is 0. The molecule has 2 nitrogen and oxygen atoms in total. The highest BCUT2D eigenvalue weighted by Gasteiger charge is 2.29. The fourth-order valence-electron chi connectivity index (χ4n) is 11.1. The topological polar surface area (TPSA) is 26.0 Å². The Morgan fingerprint density at radius 1 is 0.262 bits per heavy atom. The fourth-order valence-corrected chi connectivity index (χ4v) is 11.1. The summed E-state index contributed by atoms with van der Waals surface area (Å²) >= 11 is 0. The van der Waals surface area contributed by atoms with Gasteiger partial charge in [0.05, 0.1) is 5.69 Å². The van der Waals surface area contributed by atoms with Gasteiger partial charge in [0.2, 0.25) is 0 Å². The van der Waals surface area contributed by atoms with Gasteiger partial charge in [-0.25, -0.2) is 4.98 Å². The average molecular weight is 824 g/mol. The Bertz CT molecular complexity index is 4200. The third kappa shape index (κ3) is 5.20. The van der Waals surface area contributed by atoms with Crippen LogP contribution in [0, 0.1) is 0 Å². The van der Waals surface area contributed by atoms with E-state index in [-0.39, 0.29) is 0 Å². The summed E-state index contributed by atoms with van der Waals surface area (Å²) in [5.74, 6) is 0. The van der Waals surface area contributed by atoms with E-state index >= 15 is 0 Å². The van der Waals surface area contributed by atoms with Gasteiger partial charge >= 0.3 is 0 Å². The molecule has 14 rings (SSSR count). The van der Waals surface area contributed by atoms with Crippen LogP contribution in [0.1, 0.15) is 0 Å². The Morgan fingerprint density at radius 2 is 0.662 bits per heavy atom. The molecule has 2 heteroatoms. The maximum Gasteiger partial charge on any atom is 0.162 e. The maximum absolute atomic E-state index is 7.49. The smallest absolute Gasteiger partial charge is 0.162 e. The zero-order valence-corrected chi connectivity index (χ0v) is 35.2. The van der Waals surface area contributed by atoms with Crippen molar-refractivity contribution >= 4 is 97.5 Å².